The van der Waals surface area contributed by atoms with Gasteiger partial charge in [-0.25, -0.2) is 8.42 Å². The highest BCUT2D eigenvalue weighted by Crippen LogP contribution is 2.26. The van der Waals surface area contributed by atoms with Crippen LogP contribution in [0.3, 0.4) is 0 Å². The molecule has 1 heterocycles. The van der Waals surface area contributed by atoms with Crippen molar-refractivity contribution in [3.63, 3.8) is 0 Å². The molecule has 0 aromatic heterocycles. The molecule has 0 unspecified atom stereocenters. The number of fused-ring (bicyclic) bond motifs is 1. The van der Waals surface area contributed by atoms with E-state index < -0.39 is 9.84 Å². The second-order valence-corrected chi connectivity index (χ2v) is 8.09. The topological polar surface area (TPSA) is 63.2 Å². The average Bonchev–Trinajstić information content (AvgIpc) is 2.95. The van der Waals surface area contributed by atoms with Crippen molar-refractivity contribution in [2.24, 2.45) is 5.92 Å². The molecule has 2 aliphatic rings. The molecule has 1 aromatic carbocycles. The van der Waals surface area contributed by atoms with E-state index in [1.54, 1.807) is 0 Å². The van der Waals surface area contributed by atoms with Crippen LogP contribution in [0.4, 0.5) is 5.69 Å². The minimum Gasteiger partial charge on any atom is -0.326 e. The van der Waals surface area contributed by atoms with Crippen molar-refractivity contribution >= 4 is 21.4 Å². The van der Waals surface area contributed by atoms with Gasteiger partial charge in [0, 0.05) is 12.1 Å². The van der Waals surface area contributed by atoms with E-state index in [1.807, 2.05) is 12.1 Å². The molecule has 3 rings (SSSR count). The van der Waals surface area contributed by atoms with Gasteiger partial charge in [0.05, 0.1) is 11.5 Å². The summed E-state index contributed by atoms with van der Waals surface area (Å²) < 4.78 is 22.8. The molecule has 1 aliphatic carbocycles. The summed E-state index contributed by atoms with van der Waals surface area (Å²) >= 11 is 0. The van der Waals surface area contributed by atoms with Crippen molar-refractivity contribution in [2.45, 2.75) is 32.1 Å². The number of sulfone groups is 1. The molecule has 1 amide bonds. The Hall–Kier alpha value is -1.36. The summed E-state index contributed by atoms with van der Waals surface area (Å²) in [6, 6.07) is 6.07. The predicted octanol–water partition coefficient (Wildman–Crippen LogP) is 1.94. The van der Waals surface area contributed by atoms with Crippen molar-refractivity contribution < 1.29 is 13.2 Å². The van der Waals surface area contributed by atoms with Crippen LogP contribution < -0.4 is 5.32 Å². The van der Waals surface area contributed by atoms with E-state index in [1.165, 1.54) is 17.5 Å². The first kappa shape index (κ1) is 13.6. The Kier molecular flexibility index (Phi) is 3.54. The maximum atomic E-state index is 12.0. The lowest BCUT2D eigenvalue weighted by Gasteiger charge is -2.10. The largest absolute Gasteiger partial charge is 0.326 e. The van der Waals surface area contributed by atoms with Gasteiger partial charge in [-0.1, -0.05) is 6.07 Å². The van der Waals surface area contributed by atoms with Crippen molar-refractivity contribution in [3.8, 4) is 0 Å². The fourth-order valence-corrected chi connectivity index (χ4v) is 5.02. The van der Waals surface area contributed by atoms with Crippen LogP contribution >= 0.6 is 0 Å². The van der Waals surface area contributed by atoms with Gasteiger partial charge in [0.25, 0.3) is 0 Å². The molecule has 1 fully saturated rings. The highest BCUT2D eigenvalue weighted by molar-refractivity contribution is 7.91. The fraction of sp³-hybridized carbons (Fsp3) is 0.533. The van der Waals surface area contributed by atoms with Gasteiger partial charge in [-0.05, 0) is 54.9 Å². The number of benzene rings is 1. The van der Waals surface area contributed by atoms with E-state index in [0.717, 1.165) is 18.5 Å². The van der Waals surface area contributed by atoms with Gasteiger partial charge < -0.3 is 5.32 Å². The lowest BCUT2D eigenvalue weighted by Crippen LogP contribution is -2.17. The second-order valence-electron chi connectivity index (χ2n) is 5.86. The van der Waals surface area contributed by atoms with Gasteiger partial charge in [-0.2, -0.15) is 0 Å². The molecular formula is C15H19NO3S. The predicted molar refractivity (Wildman–Crippen MR) is 78.5 cm³/mol. The molecule has 1 atom stereocenters. The molecule has 1 aliphatic heterocycles. The summed E-state index contributed by atoms with van der Waals surface area (Å²) in [7, 11) is -2.90. The molecule has 108 valence electrons. The number of amides is 1. The third kappa shape index (κ3) is 3.03. The van der Waals surface area contributed by atoms with Crippen LogP contribution in [0.5, 0.6) is 0 Å². The molecule has 1 saturated heterocycles. The first-order valence-electron chi connectivity index (χ1n) is 7.14. The van der Waals surface area contributed by atoms with Crippen LogP contribution in [0.2, 0.25) is 0 Å². The molecular weight excluding hydrogens is 274 g/mol. The molecule has 0 radical (unpaired) electrons. The van der Waals surface area contributed by atoms with Gasteiger partial charge in [-0.3, -0.25) is 4.79 Å². The Morgan fingerprint density at radius 2 is 2.05 bits per heavy atom. The normalized spacial score (nSPS) is 23.5. The van der Waals surface area contributed by atoms with E-state index in [4.69, 9.17) is 0 Å². The zero-order chi connectivity index (χ0) is 14.2. The van der Waals surface area contributed by atoms with E-state index in [2.05, 4.69) is 11.4 Å². The van der Waals surface area contributed by atoms with Crippen LogP contribution in [0.25, 0.3) is 0 Å². The highest BCUT2D eigenvalue weighted by atomic mass is 32.2. The summed E-state index contributed by atoms with van der Waals surface area (Å²) in [6.07, 6.45) is 4.31. The summed E-state index contributed by atoms with van der Waals surface area (Å²) in [6.45, 7) is 0. The smallest absolute Gasteiger partial charge is 0.224 e. The first-order valence-corrected chi connectivity index (χ1v) is 8.96. The molecule has 5 heteroatoms. The summed E-state index contributed by atoms with van der Waals surface area (Å²) in [5.41, 5.74) is 3.53. The molecule has 1 N–H and O–H groups in total. The zero-order valence-electron chi connectivity index (χ0n) is 11.4. The summed E-state index contributed by atoms with van der Waals surface area (Å²) in [5, 5.41) is 2.89. The quantitative estimate of drug-likeness (QED) is 0.926. The maximum Gasteiger partial charge on any atom is 0.224 e. The van der Waals surface area contributed by atoms with Gasteiger partial charge in [-0.15, -0.1) is 0 Å². The Morgan fingerprint density at radius 3 is 2.80 bits per heavy atom. The number of carbonyl (C=O) groups is 1. The van der Waals surface area contributed by atoms with Gasteiger partial charge in [0.15, 0.2) is 9.84 Å². The van der Waals surface area contributed by atoms with Crippen molar-refractivity contribution in [1.82, 2.24) is 0 Å². The molecule has 0 bridgehead atoms. The minimum absolute atomic E-state index is 0.0190. The highest BCUT2D eigenvalue weighted by Gasteiger charge is 2.29. The Balaban J connectivity index is 1.59. The zero-order valence-corrected chi connectivity index (χ0v) is 12.2. The van der Waals surface area contributed by atoms with Gasteiger partial charge in [0.2, 0.25) is 5.91 Å². The van der Waals surface area contributed by atoms with Crippen LogP contribution in [-0.2, 0) is 27.5 Å². The number of carbonyl (C=O) groups excluding carboxylic acids is 1. The van der Waals surface area contributed by atoms with E-state index in [9.17, 15) is 13.2 Å². The SMILES string of the molecule is O=C(C[C@@H]1CCS(=O)(=O)C1)Nc1ccc2c(c1)CCC2. The number of hydrogen-bond donors (Lipinski definition) is 1. The number of anilines is 1. The first-order chi connectivity index (χ1) is 9.52. The molecule has 1 aromatic rings. The summed E-state index contributed by atoms with van der Waals surface area (Å²) in [4.78, 5) is 12.0. The van der Waals surface area contributed by atoms with Crippen LogP contribution in [0.15, 0.2) is 18.2 Å². The Labute approximate surface area is 119 Å². The fourth-order valence-electron chi connectivity index (χ4n) is 3.16. The third-order valence-electron chi connectivity index (χ3n) is 4.18. The molecule has 0 saturated carbocycles. The minimum atomic E-state index is -2.90. The van der Waals surface area contributed by atoms with Crippen molar-refractivity contribution in [1.29, 1.82) is 0 Å². The van der Waals surface area contributed by atoms with Crippen LogP contribution in [0, 0.1) is 5.92 Å². The van der Waals surface area contributed by atoms with Gasteiger partial charge >= 0.3 is 0 Å². The van der Waals surface area contributed by atoms with Crippen LogP contribution in [-0.4, -0.2) is 25.8 Å². The second kappa shape index (κ2) is 5.20. The number of rotatable bonds is 3. The maximum absolute atomic E-state index is 12.0. The van der Waals surface area contributed by atoms with Crippen LogP contribution in [0.1, 0.15) is 30.4 Å². The number of aryl methyl sites for hydroxylation is 2. The van der Waals surface area contributed by atoms with E-state index >= 15 is 0 Å². The number of hydrogen-bond acceptors (Lipinski definition) is 3. The Bertz CT molecular complexity index is 637. The lowest BCUT2D eigenvalue weighted by atomic mass is 10.0. The third-order valence-corrected chi connectivity index (χ3v) is 6.02. The average molecular weight is 293 g/mol. The molecule has 4 nitrogen and oxygen atoms in total. The molecule has 20 heavy (non-hydrogen) atoms. The number of nitrogens with one attached hydrogen (secondary N) is 1. The Morgan fingerprint density at radius 1 is 1.25 bits per heavy atom. The monoisotopic (exact) mass is 293 g/mol. The summed E-state index contributed by atoms with van der Waals surface area (Å²) in [5.74, 6) is 0.286. The van der Waals surface area contributed by atoms with Crippen molar-refractivity contribution in [3.05, 3.63) is 29.3 Å². The van der Waals surface area contributed by atoms with E-state index in [0.29, 0.717) is 12.8 Å². The standard InChI is InChI=1S/C15H19NO3S/c17-15(8-11-6-7-20(18,19)10-11)16-14-5-4-12-2-1-3-13(12)9-14/h4-5,9,11H,1-3,6-8,10H2,(H,16,17)/t11-/m0/s1. The lowest BCUT2D eigenvalue weighted by molar-refractivity contribution is -0.116. The van der Waals surface area contributed by atoms with E-state index in [-0.39, 0.29) is 23.3 Å². The molecule has 0 spiro atoms. The van der Waals surface area contributed by atoms with Crippen molar-refractivity contribution in [2.75, 3.05) is 16.8 Å². The van der Waals surface area contributed by atoms with Gasteiger partial charge in [0.1, 0.15) is 0 Å².